The Labute approximate surface area is 215 Å². The van der Waals surface area contributed by atoms with Crippen molar-refractivity contribution in [2.24, 2.45) is 23.2 Å². The van der Waals surface area contributed by atoms with Crippen LogP contribution in [0.3, 0.4) is 0 Å². The van der Waals surface area contributed by atoms with Gasteiger partial charge in [-0.3, -0.25) is 0 Å². The van der Waals surface area contributed by atoms with Gasteiger partial charge in [-0.2, -0.15) is 0 Å². The monoisotopic (exact) mass is 518 g/mol. The van der Waals surface area contributed by atoms with E-state index >= 15 is 0 Å². The zero-order valence-corrected chi connectivity index (χ0v) is 22.5. The molecule has 6 atom stereocenters. The van der Waals surface area contributed by atoms with Gasteiger partial charge in [0.2, 0.25) is 0 Å². The van der Waals surface area contributed by atoms with Crippen LogP contribution in [0, 0.1) is 23.2 Å². The second-order valence-electron chi connectivity index (χ2n) is 11.2. The smallest absolute Gasteiger partial charge is 0.178 e. The Balaban J connectivity index is 1.45. The van der Waals surface area contributed by atoms with Crippen molar-refractivity contribution in [1.82, 2.24) is 0 Å². The van der Waals surface area contributed by atoms with E-state index in [2.05, 4.69) is 32.6 Å². The molecule has 3 aliphatic carbocycles. The van der Waals surface area contributed by atoms with Gasteiger partial charge in [0, 0.05) is 11.4 Å². The lowest BCUT2D eigenvalue weighted by atomic mass is 9.61. The van der Waals surface area contributed by atoms with Crippen molar-refractivity contribution in [3.63, 3.8) is 0 Å². The molecule has 6 heteroatoms. The number of rotatable bonds is 6. The van der Waals surface area contributed by atoms with Crippen molar-refractivity contribution in [3.05, 3.63) is 64.7 Å². The Hall–Kier alpha value is -1.40. The fraction of sp³-hybridized carbons (Fsp3) is 0.586. The summed E-state index contributed by atoms with van der Waals surface area (Å²) in [5.41, 5.74) is 3.31. The summed E-state index contributed by atoms with van der Waals surface area (Å²) in [4.78, 5) is 0.347. The number of hydrogen-bond donors (Lipinski definition) is 2. The molecular formula is C29H39ClO4S. The molecule has 0 aliphatic heterocycles. The van der Waals surface area contributed by atoms with Crippen LogP contribution in [-0.2, 0) is 9.84 Å². The predicted octanol–water partition coefficient (Wildman–Crippen LogP) is 6.28. The molecule has 0 amide bonds. The van der Waals surface area contributed by atoms with Crippen molar-refractivity contribution in [3.8, 4) is 0 Å². The fourth-order valence-electron chi connectivity index (χ4n) is 6.98. The van der Waals surface area contributed by atoms with Crippen LogP contribution in [0.15, 0.2) is 64.6 Å². The molecule has 192 valence electrons. The van der Waals surface area contributed by atoms with Crippen molar-refractivity contribution < 1.29 is 18.6 Å². The molecule has 0 aromatic heterocycles. The molecule has 0 bridgehead atoms. The first-order valence-electron chi connectivity index (χ1n) is 12.9. The number of halogens is 1. The average Bonchev–Trinajstić information content (AvgIpc) is 3.17. The average molecular weight is 519 g/mol. The Bertz CT molecular complexity index is 1100. The van der Waals surface area contributed by atoms with Crippen LogP contribution in [0.4, 0.5) is 0 Å². The van der Waals surface area contributed by atoms with Crippen LogP contribution in [0.5, 0.6) is 0 Å². The van der Waals surface area contributed by atoms with Crippen molar-refractivity contribution in [2.45, 2.75) is 82.3 Å². The lowest BCUT2D eigenvalue weighted by Gasteiger charge is -2.44. The number of fused-ring (bicyclic) bond motifs is 1. The number of allylic oxidation sites excluding steroid dienone is 3. The van der Waals surface area contributed by atoms with Gasteiger partial charge in [0.25, 0.3) is 0 Å². The molecular weight excluding hydrogens is 480 g/mol. The maximum absolute atomic E-state index is 12.9. The largest absolute Gasteiger partial charge is 0.393 e. The summed E-state index contributed by atoms with van der Waals surface area (Å²) >= 11 is 5.92. The van der Waals surface area contributed by atoms with E-state index in [1.54, 1.807) is 24.3 Å². The standard InChI is InChI=1S/C29H39ClO4S/c1-19(14-16-35(33,34)25-10-8-23(30)9-11-25)26-12-13-27-21(5-4-15-29(26,27)3)6-7-22-17-24(31)18-28(32)20(22)2/h6-11,19,24,26-28,31-32H,2,4-5,12-18H2,1,3H3/t19-,24+,26-,27+,28-,29-/m1/s1. The summed E-state index contributed by atoms with van der Waals surface area (Å²) in [6.45, 7) is 8.68. The third-order valence-electron chi connectivity index (χ3n) is 9.00. The molecule has 0 unspecified atom stereocenters. The first kappa shape index (κ1) is 26.7. The van der Waals surface area contributed by atoms with Crippen LogP contribution in [-0.4, -0.2) is 36.6 Å². The minimum atomic E-state index is -3.32. The van der Waals surface area contributed by atoms with Crippen LogP contribution >= 0.6 is 11.6 Å². The van der Waals surface area contributed by atoms with Gasteiger partial charge < -0.3 is 10.2 Å². The molecule has 3 fully saturated rings. The molecule has 3 aliphatic rings. The van der Waals surface area contributed by atoms with Crippen LogP contribution in [0.2, 0.25) is 5.02 Å². The van der Waals surface area contributed by atoms with Gasteiger partial charge >= 0.3 is 0 Å². The zero-order valence-electron chi connectivity index (χ0n) is 20.9. The Morgan fingerprint density at radius 2 is 1.91 bits per heavy atom. The van der Waals surface area contributed by atoms with Gasteiger partial charge in [-0.1, -0.05) is 49.8 Å². The van der Waals surface area contributed by atoms with E-state index < -0.39 is 22.0 Å². The van der Waals surface area contributed by atoms with Gasteiger partial charge in [-0.25, -0.2) is 8.42 Å². The second-order valence-corrected chi connectivity index (χ2v) is 13.7. The van der Waals surface area contributed by atoms with Crippen molar-refractivity contribution in [2.75, 3.05) is 5.75 Å². The Kier molecular flexibility index (Phi) is 8.02. The first-order chi connectivity index (χ1) is 16.5. The van der Waals surface area contributed by atoms with Crippen LogP contribution in [0.1, 0.15) is 65.2 Å². The zero-order chi connectivity index (χ0) is 25.4. The minimum Gasteiger partial charge on any atom is -0.393 e. The third kappa shape index (κ3) is 5.64. The summed E-state index contributed by atoms with van der Waals surface area (Å²) in [5, 5.41) is 20.8. The summed E-state index contributed by atoms with van der Waals surface area (Å²) in [6.07, 6.45) is 10.3. The summed E-state index contributed by atoms with van der Waals surface area (Å²) in [6, 6.07) is 6.47. The molecule has 1 aromatic carbocycles. The first-order valence-corrected chi connectivity index (χ1v) is 15.0. The number of aliphatic hydroxyl groups is 2. The van der Waals surface area contributed by atoms with Gasteiger partial charge in [0.15, 0.2) is 9.84 Å². The van der Waals surface area contributed by atoms with Crippen molar-refractivity contribution in [1.29, 1.82) is 0 Å². The van der Waals surface area contributed by atoms with Crippen molar-refractivity contribution >= 4 is 21.4 Å². The predicted molar refractivity (Wildman–Crippen MR) is 142 cm³/mol. The maximum atomic E-state index is 12.9. The third-order valence-corrected chi connectivity index (χ3v) is 11.0. The van der Waals surface area contributed by atoms with Gasteiger partial charge in [0.05, 0.1) is 22.9 Å². The lowest BCUT2D eigenvalue weighted by molar-refractivity contribution is 0.0861. The molecule has 4 nitrogen and oxygen atoms in total. The van der Waals surface area contributed by atoms with Gasteiger partial charge in [-0.05, 0) is 104 Å². The van der Waals surface area contributed by atoms with E-state index in [4.69, 9.17) is 11.6 Å². The highest BCUT2D eigenvalue weighted by atomic mass is 35.5. The highest BCUT2D eigenvalue weighted by Gasteiger charge is 2.50. The maximum Gasteiger partial charge on any atom is 0.178 e. The van der Waals surface area contributed by atoms with Crippen LogP contribution in [0.25, 0.3) is 0 Å². The van der Waals surface area contributed by atoms with E-state index in [1.165, 1.54) is 12.0 Å². The second kappa shape index (κ2) is 10.5. The molecule has 0 radical (unpaired) electrons. The molecule has 35 heavy (non-hydrogen) atoms. The molecule has 1 aromatic rings. The number of benzene rings is 1. The summed E-state index contributed by atoms with van der Waals surface area (Å²) < 4.78 is 25.8. The number of hydrogen-bond acceptors (Lipinski definition) is 4. The van der Waals surface area contributed by atoms with E-state index in [9.17, 15) is 18.6 Å². The van der Waals surface area contributed by atoms with E-state index in [1.807, 2.05) is 0 Å². The molecule has 4 rings (SSSR count). The summed E-state index contributed by atoms with van der Waals surface area (Å²) in [7, 11) is -3.32. The van der Waals surface area contributed by atoms with E-state index in [0.717, 1.165) is 36.8 Å². The number of sulfone groups is 1. The molecule has 0 spiro atoms. The highest BCUT2D eigenvalue weighted by Crippen LogP contribution is 2.59. The molecule has 3 saturated carbocycles. The van der Waals surface area contributed by atoms with E-state index in [0.29, 0.717) is 46.9 Å². The topological polar surface area (TPSA) is 74.6 Å². The Morgan fingerprint density at radius 3 is 2.63 bits per heavy atom. The highest BCUT2D eigenvalue weighted by molar-refractivity contribution is 7.91. The quantitative estimate of drug-likeness (QED) is 0.464. The molecule has 2 N–H and O–H groups in total. The fourth-order valence-corrected chi connectivity index (χ4v) is 8.58. The SMILES string of the molecule is C=C1C(=CC=C2CCC[C@]3(C)[C@@H]([C@H](C)CCS(=O)(=O)c4ccc(Cl)cc4)CC[C@@H]23)C[C@H](O)C[C@H]1O. The normalized spacial score (nSPS) is 34.8. The molecule has 0 saturated heterocycles. The lowest BCUT2D eigenvalue weighted by Crippen LogP contribution is -2.36. The van der Waals surface area contributed by atoms with Gasteiger partial charge in [0.1, 0.15) is 0 Å². The van der Waals surface area contributed by atoms with Crippen LogP contribution < -0.4 is 0 Å². The van der Waals surface area contributed by atoms with E-state index in [-0.39, 0.29) is 11.2 Å². The minimum absolute atomic E-state index is 0.161. The molecule has 0 heterocycles. The van der Waals surface area contributed by atoms with Gasteiger partial charge in [-0.15, -0.1) is 0 Å². The Morgan fingerprint density at radius 1 is 1.20 bits per heavy atom. The number of aliphatic hydroxyl groups excluding tert-OH is 2. The summed E-state index contributed by atoms with van der Waals surface area (Å²) in [5.74, 6) is 1.49.